The van der Waals surface area contributed by atoms with E-state index in [1.54, 1.807) is 7.11 Å². The van der Waals surface area contributed by atoms with Gasteiger partial charge in [-0.05, 0) is 32.6 Å². The molecule has 0 saturated carbocycles. The van der Waals surface area contributed by atoms with E-state index in [1.807, 2.05) is 20.0 Å². The van der Waals surface area contributed by atoms with Crippen LogP contribution in [-0.4, -0.2) is 36.0 Å². The van der Waals surface area contributed by atoms with Crippen molar-refractivity contribution in [2.24, 2.45) is 16.6 Å². The van der Waals surface area contributed by atoms with Crippen LogP contribution < -0.4 is 10.5 Å². The van der Waals surface area contributed by atoms with Gasteiger partial charge >= 0.3 is 0 Å². The number of piperidine rings is 1. The second-order valence-electron chi connectivity index (χ2n) is 5.91. The Morgan fingerprint density at radius 2 is 2.29 bits per heavy atom. The van der Waals surface area contributed by atoms with Gasteiger partial charge in [0.25, 0.3) is 0 Å². The van der Waals surface area contributed by atoms with E-state index in [0.29, 0.717) is 18.4 Å². The summed E-state index contributed by atoms with van der Waals surface area (Å²) < 4.78 is 5.42. The molecule has 0 amide bonds. The van der Waals surface area contributed by atoms with E-state index in [9.17, 15) is 0 Å². The molecule has 21 heavy (non-hydrogen) atoms. The number of nitrogens with zero attached hydrogens (tertiary/aromatic N) is 3. The van der Waals surface area contributed by atoms with E-state index in [0.717, 1.165) is 35.7 Å². The number of hydrogen-bond donors (Lipinski definition) is 1. The summed E-state index contributed by atoms with van der Waals surface area (Å²) in [4.78, 5) is 11.2. The summed E-state index contributed by atoms with van der Waals surface area (Å²) in [6.07, 6.45) is 4.29. The first-order valence-electron chi connectivity index (χ1n) is 7.56. The summed E-state index contributed by atoms with van der Waals surface area (Å²) >= 11 is 0. The molecule has 1 unspecified atom stereocenters. The van der Waals surface area contributed by atoms with Crippen molar-refractivity contribution in [3.05, 3.63) is 23.0 Å². The van der Waals surface area contributed by atoms with E-state index in [1.165, 1.54) is 12.8 Å². The number of aromatic nitrogens is 1. The number of methoxy groups -OCH3 is 1. The highest BCUT2D eigenvalue weighted by Crippen LogP contribution is 2.24. The predicted octanol–water partition coefficient (Wildman–Crippen LogP) is 2.25. The zero-order valence-electron chi connectivity index (χ0n) is 13.5. The monoisotopic (exact) mass is 290 g/mol. The van der Waals surface area contributed by atoms with Gasteiger partial charge in [0.05, 0.1) is 19.3 Å². The van der Waals surface area contributed by atoms with Crippen LogP contribution in [0, 0.1) is 19.8 Å². The van der Waals surface area contributed by atoms with Gasteiger partial charge in [-0.1, -0.05) is 6.92 Å². The molecule has 2 heterocycles. The molecule has 1 aliphatic heterocycles. The number of ether oxygens (including phenoxy) is 1. The fraction of sp³-hybridized carbons (Fsp3) is 0.625. The van der Waals surface area contributed by atoms with E-state index in [4.69, 9.17) is 10.5 Å². The minimum Gasteiger partial charge on any atom is -0.496 e. The average molecular weight is 290 g/mol. The van der Waals surface area contributed by atoms with Crippen LogP contribution in [-0.2, 0) is 6.54 Å². The van der Waals surface area contributed by atoms with Gasteiger partial charge < -0.3 is 15.4 Å². The standard InChI is InChI=1S/C16H26N4O/c1-11-6-5-7-20(10-11)16(17)19-9-14-13(3)15(21-4)12(2)8-18-14/h8,11H,5-7,9-10H2,1-4H3,(H2,17,19). The molecule has 1 atom stereocenters. The first-order chi connectivity index (χ1) is 10.0. The largest absolute Gasteiger partial charge is 0.496 e. The van der Waals surface area contributed by atoms with Gasteiger partial charge in [-0.3, -0.25) is 4.98 Å². The summed E-state index contributed by atoms with van der Waals surface area (Å²) in [5.41, 5.74) is 9.13. The maximum absolute atomic E-state index is 6.13. The molecule has 1 fully saturated rings. The van der Waals surface area contributed by atoms with E-state index >= 15 is 0 Å². The summed E-state index contributed by atoms with van der Waals surface area (Å²) in [6, 6.07) is 0. The third-order valence-electron chi connectivity index (χ3n) is 4.12. The van der Waals surface area contributed by atoms with Crippen LogP contribution >= 0.6 is 0 Å². The molecule has 5 heteroatoms. The van der Waals surface area contributed by atoms with Crippen LogP contribution in [0.1, 0.15) is 36.6 Å². The first-order valence-corrected chi connectivity index (χ1v) is 7.56. The number of rotatable bonds is 3. The lowest BCUT2D eigenvalue weighted by molar-refractivity contribution is 0.270. The molecule has 5 nitrogen and oxygen atoms in total. The normalized spacial score (nSPS) is 19.7. The maximum atomic E-state index is 6.13. The van der Waals surface area contributed by atoms with Crippen molar-refractivity contribution in [2.75, 3.05) is 20.2 Å². The van der Waals surface area contributed by atoms with Gasteiger partial charge in [0.1, 0.15) is 5.75 Å². The number of aliphatic imine (C=N–C) groups is 1. The topological polar surface area (TPSA) is 63.7 Å². The highest BCUT2D eigenvalue weighted by molar-refractivity contribution is 5.78. The lowest BCUT2D eigenvalue weighted by Gasteiger charge is -2.31. The van der Waals surface area contributed by atoms with Crippen LogP contribution in [0.5, 0.6) is 5.75 Å². The van der Waals surface area contributed by atoms with Crippen molar-refractivity contribution in [1.29, 1.82) is 0 Å². The third-order valence-corrected chi connectivity index (χ3v) is 4.12. The highest BCUT2D eigenvalue weighted by atomic mass is 16.5. The Labute approximate surface area is 127 Å². The fourth-order valence-corrected chi connectivity index (χ4v) is 2.88. The molecule has 0 radical (unpaired) electrons. The lowest BCUT2D eigenvalue weighted by atomic mass is 10.0. The molecule has 1 aromatic heterocycles. The van der Waals surface area contributed by atoms with Crippen LogP contribution in [0.15, 0.2) is 11.2 Å². The zero-order valence-corrected chi connectivity index (χ0v) is 13.5. The molecule has 0 aromatic carbocycles. The second-order valence-corrected chi connectivity index (χ2v) is 5.91. The van der Waals surface area contributed by atoms with E-state index in [-0.39, 0.29) is 0 Å². The smallest absolute Gasteiger partial charge is 0.191 e. The van der Waals surface area contributed by atoms with Gasteiger partial charge in [0, 0.05) is 30.4 Å². The molecule has 1 aliphatic rings. The summed E-state index contributed by atoms with van der Waals surface area (Å²) in [7, 11) is 1.69. The molecular formula is C16H26N4O. The SMILES string of the molecule is COc1c(C)cnc(CN=C(N)N2CCCC(C)C2)c1C. The fourth-order valence-electron chi connectivity index (χ4n) is 2.88. The Bertz CT molecular complexity index is 527. The molecule has 0 aliphatic carbocycles. The molecule has 0 bridgehead atoms. The van der Waals surface area contributed by atoms with Crippen molar-refractivity contribution in [2.45, 2.75) is 40.2 Å². The van der Waals surface area contributed by atoms with Gasteiger partial charge in [0.2, 0.25) is 0 Å². The minimum atomic E-state index is 0.499. The highest BCUT2D eigenvalue weighted by Gasteiger charge is 2.17. The molecule has 116 valence electrons. The van der Waals surface area contributed by atoms with E-state index < -0.39 is 0 Å². The Morgan fingerprint density at radius 1 is 1.52 bits per heavy atom. The number of likely N-dealkylation sites (tertiary alicyclic amines) is 1. The molecule has 2 N–H and O–H groups in total. The minimum absolute atomic E-state index is 0.499. The Kier molecular flexibility index (Phi) is 5.04. The number of nitrogens with two attached hydrogens (primary N) is 1. The lowest BCUT2D eigenvalue weighted by Crippen LogP contribution is -2.43. The van der Waals surface area contributed by atoms with Crippen molar-refractivity contribution in [1.82, 2.24) is 9.88 Å². The number of guanidine groups is 1. The predicted molar refractivity (Wildman–Crippen MR) is 85.6 cm³/mol. The second kappa shape index (κ2) is 6.78. The van der Waals surface area contributed by atoms with Crippen LogP contribution in [0.2, 0.25) is 0 Å². The van der Waals surface area contributed by atoms with Crippen LogP contribution in [0.25, 0.3) is 0 Å². The zero-order chi connectivity index (χ0) is 15.4. The quantitative estimate of drug-likeness (QED) is 0.685. The summed E-state index contributed by atoms with van der Waals surface area (Å²) in [6.45, 7) is 8.77. The first kappa shape index (κ1) is 15.6. The molecule has 1 saturated heterocycles. The molecule has 2 rings (SSSR count). The van der Waals surface area contributed by atoms with Gasteiger partial charge in [-0.15, -0.1) is 0 Å². The van der Waals surface area contributed by atoms with Crippen LogP contribution in [0.4, 0.5) is 0 Å². The summed E-state index contributed by atoms with van der Waals surface area (Å²) in [5.74, 6) is 2.20. The molecule has 0 spiro atoms. The Hall–Kier alpha value is -1.78. The van der Waals surface area contributed by atoms with E-state index in [2.05, 4.69) is 21.8 Å². The van der Waals surface area contributed by atoms with Crippen molar-refractivity contribution in [3.63, 3.8) is 0 Å². The number of hydrogen-bond acceptors (Lipinski definition) is 3. The third kappa shape index (κ3) is 3.65. The average Bonchev–Trinajstić information content (AvgIpc) is 2.46. The Balaban J connectivity index is 2.09. The Morgan fingerprint density at radius 3 is 2.95 bits per heavy atom. The molecular weight excluding hydrogens is 264 g/mol. The van der Waals surface area contributed by atoms with Crippen molar-refractivity contribution >= 4 is 5.96 Å². The van der Waals surface area contributed by atoms with Gasteiger partial charge in [0.15, 0.2) is 5.96 Å². The van der Waals surface area contributed by atoms with Crippen LogP contribution in [0.3, 0.4) is 0 Å². The molecule has 1 aromatic rings. The maximum Gasteiger partial charge on any atom is 0.191 e. The number of aryl methyl sites for hydroxylation is 1. The van der Waals surface area contributed by atoms with Crippen molar-refractivity contribution < 1.29 is 4.74 Å². The van der Waals surface area contributed by atoms with Crippen molar-refractivity contribution in [3.8, 4) is 5.75 Å². The van der Waals surface area contributed by atoms with Gasteiger partial charge in [-0.25, -0.2) is 4.99 Å². The summed E-state index contributed by atoms with van der Waals surface area (Å²) in [5, 5.41) is 0. The number of pyridine rings is 1. The van der Waals surface area contributed by atoms with Gasteiger partial charge in [-0.2, -0.15) is 0 Å².